The lowest BCUT2D eigenvalue weighted by molar-refractivity contribution is 0.592. The maximum atomic E-state index is 12.5. The van der Waals surface area contributed by atoms with Gasteiger partial charge >= 0.3 is 0 Å². The molecule has 108 valence electrons. The lowest BCUT2D eigenvalue weighted by Gasteiger charge is -2.10. The second kappa shape index (κ2) is 4.74. The average molecular weight is 303 g/mol. The third-order valence-corrected chi connectivity index (χ3v) is 4.54. The first kappa shape index (κ1) is 13.4. The number of benzene rings is 1. The van der Waals surface area contributed by atoms with Crippen molar-refractivity contribution >= 4 is 32.4 Å². The quantitative estimate of drug-likeness (QED) is 0.760. The smallest absolute Gasteiger partial charge is 0.281 e. The number of rotatable bonds is 3. The molecule has 7 nitrogen and oxygen atoms in total. The van der Waals surface area contributed by atoms with E-state index in [0.29, 0.717) is 11.2 Å². The molecular formula is C13H13N5O2S. The molecule has 0 saturated heterocycles. The molecule has 8 heteroatoms. The highest BCUT2D eigenvalue weighted by Gasteiger charge is 2.23. The zero-order valence-electron chi connectivity index (χ0n) is 11.2. The van der Waals surface area contributed by atoms with E-state index in [1.54, 1.807) is 31.4 Å². The first-order valence-electron chi connectivity index (χ1n) is 6.12. The number of aromatic nitrogens is 3. The number of aryl methyl sites for hydroxylation is 1. The van der Waals surface area contributed by atoms with Crippen molar-refractivity contribution in [1.29, 1.82) is 0 Å². The van der Waals surface area contributed by atoms with Gasteiger partial charge in [-0.2, -0.15) is 8.42 Å². The molecule has 21 heavy (non-hydrogen) atoms. The molecule has 0 aliphatic heterocycles. The number of nitrogens with zero attached hydrogens (tertiary/aromatic N) is 3. The Hall–Kier alpha value is -2.61. The molecule has 2 heterocycles. The molecule has 3 rings (SSSR count). The van der Waals surface area contributed by atoms with Crippen LogP contribution in [-0.4, -0.2) is 23.0 Å². The van der Waals surface area contributed by atoms with Crippen molar-refractivity contribution in [1.82, 2.24) is 14.5 Å². The third kappa shape index (κ3) is 2.29. The first-order chi connectivity index (χ1) is 9.99. The number of sulfonamides is 1. The van der Waals surface area contributed by atoms with Crippen molar-refractivity contribution in [2.75, 3.05) is 10.5 Å². The van der Waals surface area contributed by atoms with E-state index < -0.39 is 10.0 Å². The Morgan fingerprint density at radius 3 is 2.67 bits per heavy atom. The van der Waals surface area contributed by atoms with Crippen LogP contribution in [0.4, 0.5) is 11.5 Å². The van der Waals surface area contributed by atoms with Gasteiger partial charge in [-0.1, -0.05) is 18.2 Å². The van der Waals surface area contributed by atoms with Crippen LogP contribution < -0.4 is 10.5 Å². The summed E-state index contributed by atoms with van der Waals surface area (Å²) in [6, 6.07) is 8.92. The van der Waals surface area contributed by atoms with Gasteiger partial charge in [0.2, 0.25) is 0 Å². The second-order valence-corrected chi connectivity index (χ2v) is 6.13. The summed E-state index contributed by atoms with van der Waals surface area (Å²) in [5.74, 6) is -0.0433. The van der Waals surface area contributed by atoms with Gasteiger partial charge in [0.05, 0.1) is 17.5 Å². The Balaban J connectivity index is 2.10. The number of nitrogen functional groups attached to an aromatic ring is 1. The number of pyridine rings is 1. The standard InChI is InChI=1S/C13H13N5O2S/c1-18-8-16-12(14)13(18)21(19,20)17-10-6-2-4-9-5-3-7-15-11(9)10/h2-8,17H,14H2,1H3. The van der Waals surface area contributed by atoms with Gasteiger partial charge < -0.3 is 10.3 Å². The topological polar surface area (TPSA) is 103 Å². The van der Waals surface area contributed by atoms with Crippen molar-refractivity contribution in [2.24, 2.45) is 7.05 Å². The van der Waals surface area contributed by atoms with E-state index in [2.05, 4.69) is 14.7 Å². The van der Waals surface area contributed by atoms with E-state index in [4.69, 9.17) is 5.73 Å². The van der Waals surface area contributed by atoms with E-state index in [1.165, 1.54) is 10.9 Å². The fourth-order valence-electron chi connectivity index (χ4n) is 2.14. The predicted molar refractivity (Wildman–Crippen MR) is 80.2 cm³/mol. The monoisotopic (exact) mass is 303 g/mol. The van der Waals surface area contributed by atoms with Gasteiger partial charge in [-0.15, -0.1) is 0 Å². The summed E-state index contributed by atoms with van der Waals surface area (Å²) < 4.78 is 28.8. The predicted octanol–water partition coefficient (Wildman–Crippen LogP) is 1.35. The Morgan fingerprint density at radius 1 is 1.19 bits per heavy atom. The zero-order valence-corrected chi connectivity index (χ0v) is 12.0. The van der Waals surface area contributed by atoms with Gasteiger partial charge in [-0.05, 0) is 12.1 Å². The Morgan fingerprint density at radius 2 is 1.95 bits per heavy atom. The lowest BCUT2D eigenvalue weighted by Crippen LogP contribution is -2.18. The fourth-order valence-corrected chi connectivity index (χ4v) is 3.45. The van der Waals surface area contributed by atoms with Crippen LogP contribution in [0.25, 0.3) is 10.9 Å². The summed E-state index contributed by atoms with van der Waals surface area (Å²) in [7, 11) is -2.27. The number of hydrogen-bond donors (Lipinski definition) is 2. The van der Waals surface area contributed by atoms with Crippen LogP contribution in [0, 0.1) is 0 Å². The number of nitrogens with two attached hydrogens (primary N) is 1. The van der Waals surface area contributed by atoms with Crippen molar-refractivity contribution < 1.29 is 8.42 Å². The molecule has 0 fully saturated rings. The van der Waals surface area contributed by atoms with Crippen molar-refractivity contribution in [3.8, 4) is 0 Å². The average Bonchev–Trinajstić information content (AvgIpc) is 2.79. The highest BCUT2D eigenvalue weighted by molar-refractivity contribution is 7.92. The van der Waals surface area contributed by atoms with E-state index in [-0.39, 0.29) is 10.8 Å². The molecule has 0 aliphatic carbocycles. The molecule has 0 amide bonds. The molecule has 0 aliphatic rings. The van der Waals surface area contributed by atoms with E-state index >= 15 is 0 Å². The first-order valence-corrected chi connectivity index (χ1v) is 7.61. The summed E-state index contributed by atoms with van der Waals surface area (Å²) in [5, 5.41) is 0.770. The van der Waals surface area contributed by atoms with E-state index in [1.807, 2.05) is 12.1 Å². The van der Waals surface area contributed by atoms with Crippen molar-refractivity contribution in [3.05, 3.63) is 42.9 Å². The number of nitrogens with one attached hydrogen (secondary N) is 1. The summed E-state index contributed by atoms with van der Waals surface area (Å²) in [5.41, 5.74) is 6.60. The molecule has 3 aromatic rings. The largest absolute Gasteiger partial charge is 0.381 e. The zero-order chi connectivity index (χ0) is 15.0. The number of anilines is 2. The summed E-state index contributed by atoms with van der Waals surface area (Å²) in [4.78, 5) is 8.00. The molecule has 1 aromatic carbocycles. The Kier molecular flexibility index (Phi) is 3.02. The molecule has 2 aromatic heterocycles. The highest BCUT2D eigenvalue weighted by Crippen LogP contribution is 2.25. The van der Waals surface area contributed by atoms with Gasteiger partial charge in [0.15, 0.2) is 10.8 Å². The van der Waals surface area contributed by atoms with E-state index in [9.17, 15) is 8.42 Å². The van der Waals surface area contributed by atoms with Crippen molar-refractivity contribution in [2.45, 2.75) is 5.03 Å². The summed E-state index contributed by atoms with van der Waals surface area (Å²) in [6.07, 6.45) is 2.96. The molecule has 3 N–H and O–H groups in total. The summed E-state index contributed by atoms with van der Waals surface area (Å²) in [6.45, 7) is 0. The maximum Gasteiger partial charge on any atom is 0.281 e. The van der Waals surface area contributed by atoms with Gasteiger partial charge in [-0.25, -0.2) is 4.98 Å². The third-order valence-electron chi connectivity index (χ3n) is 3.04. The Labute approximate surface area is 121 Å². The fraction of sp³-hybridized carbons (Fsp3) is 0.0769. The molecule has 0 saturated carbocycles. The van der Waals surface area contributed by atoms with Gasteiger partial charge in [0.1, 0.15) is 0 Å². The molecule has 0 radical (unpaired) electrons. The van der Waals surface area contributed by atoms with Gasteiger partial charge in [-0.3, -0.25) is 9.71 Å². The van der Waals surface area contributed by atoms with Gasteiger partial charge in [0.25, 0.3) is 10.0 Å². The van der Waals surface area contributed by atoms with Crippen LogP contribution in [0.15, 0.2) is 47.9 Å². The normalized spacial score (nSPS) is 11.7. The maximum absolute atomic E-state index is 12.5. The minimum Gasteiger partial charge on any atom is -0.381 e. The molecule has 0 unspecified atom stereocenters. The molecule has 0 spiro atoms. The van der Waals surface area contributed by atoms with Crippen LogP contribution in [0.1, 0.15) is 0 Å². The Bertz CT molecular complexity index is 892. The summed E-state index contributed by atoms with van der Waals surface area (Å²) >= 11 is 0. The van der Waals surface area contributed by atoms with Crippen LogP contribution in [-0.2, 0) is 17.1 Å². The number of imidazole rings is 1. The molecule has 0 bridgehead atoms. The highest BCUT2D eigenvalue weighted by atomic mass is 32.2. The lowest BCUT2D eigenvalue weighted by atomic mass is 10.2. The SMILES string of the molecule is Cn1cnc(N)c1S(=O)(=O)Nc1cccc2cccnc12. The van der Waals surface area contributed by atoms with Gasteiger partial charge in [0, 0.05) is 18.6 Å². The van der Waals surface area contributed by atoms with Crippen LogP contribution in [0.2, 0.25) is 0 Å². The van der Waals surface area contributed by atoms with Crippen LogP contribution >= 0.6 is 0 Å². The minimum atomic E-state index is -3.84. The second-order valence-electron chi connectivity index (χ2n) is 4.53. The van der Waals surface area contributed by atoms with Crippen LogP contribution in [0.5, 0.6) is 0 Å². The minimum absolute atomic E-state index is 0.0433. The number of hydrogen-bond acceptors (Lipinski definition) is 5. The van der Waals surface area contributed by atoms with Crippen molar-refractivity contribution in [3.63, 3.8) is 0 Å². The number of fused-ring (bicyclic) bond motifs is 1. The molecule has 0 atom stereocenters. The molecular weight excluding hydrogens is 290 g/mol. The number of para-hydroxylation sites is 1. The van der Waals surface area contributed by atoms with E-state index in [0.717, 1.165) is 5.39 Å². The van der Waals surface area contributed by atoms with Crippen LogP contribution in [0.3, 0.4) is 0 Å².